The molecule has 4 rings (SSSR count). The molecule has 3 heterocycles. The molecule has 136 valence electrons. The number of hydrogen-bond donors (Lipinski definition) is 0. The van der Waals surface area contributed by atoms with E-state index in [0.717, 1.165) is 68.0 Å². The number of amides is 1. The van der Waals surface area contributed by atoms with Crippen LogP contribution in [-0.2, 0) is 6.54 Å². The van der Waals surface area contributed by atoms with E-state index in [2.05, 4.69) is 15.1 Å². The Kier molecular flexibility index (Phi) is 4.71. The monoisotopic (exact) mass is 353 g/mol. The van der Waals surface area contributed by atoms with E-state index in [4.69, 9.17) is 4.42 Å². The molecule has 7 heteroatoms. The molecule has 0 N–H and O–H groups in total. The summed E-state index contributed by atoms with van der Waals surface area (Å²) in [5.41, 5.74) is 1.56. The van der Waals surface area contributed by atoms with Crippen molar-refractivity contribution in [1.82, 2.24) is 24.6 Å². The van der Waals surface area contributed by atoms with Gasteiger partial charge in [0.25, 0.3) is 5.91 Å². The van der Waals surface area contributed by atoms with Crippen molar-refractivity contribution in [2.24, 2.45) is 0 Å². The molecule has 0 atom stereocenters. The number of carbonyl (C=O) groups is 1. The summed E-state index contributed by atoms with van der Waals surface area (Å²) in [6.45, 7) is 7.18. The number of benzene rings is 1. The van der Waals surface area contributed by atoms with Crippen molar-refractivity contribution in [3.05, 3.63) is 48.2 Å². The van der Waals surface area contributed by atoms with Crippen LogP contribution in [0.4, 0.5) is 0 Å². The molecule has 0 spiro atoms. The molecule has 1 aliphatic heterocycles. The smallest absolute Gasteiger partial charge is 0.253 e. The van der Waals surface area contributed by atoms with Gasteiger partial charge in [-0.05, 0) is 44.2 Å². The van der Waals surface area contributed by atoms with E-state index in [1.165, 1.54) is 0 Å². The van der Waals surface area contributed by atoms with Crippen LogP contribution in [0.1, 0.15) is 22.5 Å². The van der Waals surface area contributed by atoms with Crippen molar-refractivity contribution >= 4 is 16.9 Å². The van der Waals surface area contributed by atoms with Crippen LogP contribution in [0, 0.1) is 6.92 Å². The molecule has 3 aromatic rings. The molecule has 1 amide bonds. The van der Waals surface area contributed by atoms with Gasteiger partial charge in [-0.3, -0.25) is 9.69 Å². The fourth-order valence-electron chi connectivity index (χ4n) is 3.48. The molecule has 26 heavy (non-hydrogen) atoms. The number of rotatable bonds is 4. The average Bonchev–Trinajstić information content (AvgIpc) is 3.22. The average molecular weight is 353 g/mol. The molecule has 0 unspecified atom stereocenters. The normalized spacial score (nSPS) is 16.1. The van der Waals surface area contributed by atoms with E-state index in [0.29, 0.717) is 0 Å². The van der Waals surface area contributed by atoms with E-state index in [9.17, 15) is 4.79 Å². The molecule has 1 aliphatic rings. The predicted octanol–water partition coefficient (Wildman–Crippen LogP) is 2.18. The van der Waals surface area contributed by atoms with Gasteiger partial charge in [0, 0.05) is 43.7 Å². The maximum absolute atomic E-state index is 12.9. The number of hydrogen-bond acceptors (Lipinski definition) is 5. The lowest BCUT2D eigenvalue weighted by molar-refractivity contribution is 0.0761. The Balaban J connectivity index is 1.38. The lowest BCUT2D eigenvalue weighted by atomic mass is 10.1. The minimum absolute atomic E-state index is 0.103. The number of fused-ring (bicyclic) bond motifs is 1. The molecule has 1 fully saturated rings. The van der Waals surface area contributed by atoms with Crippen LogP contribution >= 0.6 is 0 Å². The minimum Gasteiger partial charge on any atom is -0.461 e. The van der Waals surface area contributed by atoms with Gasteiger partial charge in [-0.15, -0.1) is 10.2 Å². The maximum Gasteiger partial charge on any atom is 0.253 e. The maximum atomic E-state index is 12.9. The topological polar surface area (TPSA) is 67.4 Å². The zero-order chi connectivity index (χ0) is 17.9. The van der Waals surface area contributed by atoms with Crippen molar-refractivity contribution in [3.63, 3.8) is 0 Å². The van der Waals surface area contributed by atoms with Gasteiger partial charge >= 0.3 is 0 Å². The summed E-state index contributed by atoms with van der Waals surface area (Å²) < 4.78 is 7.58. The van der Waals surface area contributed by atoms with Crippen LogP contribution in [-0.4, -0.2) is 63.2 Å². The predicted molar refractivity (Wildman–Crippen MR) is 97.9 cm³/mol. The van der Waals surface area contributed by atoms with Gasteiger partial charge < -0.3 is 13.9 Å². The third-order valence-electron chi connectivity index (χ3n) is 4.90. The van der Waals surface area contributed by atoms with Gasteiger partial charge in [0.1, 0.15) is 24.0 Å². The van der Waals surface area contributed by atoms with Crippen LogP contribution in [0.3, 0.4) is 0 Å². The van der Waals surface area contributed by atoms with E-state index < -0.39 is 0 Å². The Labute approximate surface area is 152 Å². The van der Waals surface area contributed by atoms with Crippen molar-refractivity contribution in [1.29, 1.82) is 0 Å². The Hall–Kier alpha value is -2.67. The largest absolute Gasteiger partial charge is 0.461 e. The molecule has 0 aliphatic carbocycles. The molecule has 0 bridgehead atoms. The molecule has 0 saturated carbocycles. The zero-order valence-electron chi connectivity index (χ0n) is 15.0. The standard InChI is InChI=1S/C19H23N5O2/c1-15-11-17-12-16(3-4-18(17)26-15)19(25)24-6-2-5-22(9-10-24)7-8-23-13-20-21-14-23/h3-4,11-14H,2,5-10H2,1H3. The van der Waals surface area contributed by atoms with E-state index >= 15 is 0 Å². The number of carbonyl (C=O) groups excluding carboxylic acids is 1. The first-order valence-corrected chi connectivity index (χ1v) is 9.03. The van der Waals surface area contributed by atoms with Crippen LogP contribution in [0.2, 0.25) is 0 Å². The van der Waals surface area contributed by atoms with Gasteiger partial charge in [-0.2, -0.15) is 0 Å². The second kappa shape index (κ2) is 7.29. The fraction of sp³-hybridized carbons (Fsp3) is 0.421. The van der Waals surface area contributed by atoms with E-state index in [1.807, 2.05) is 40.7 Å². The molecule has 1 saturated heterocycles. The first-order valence-electron chi connectivity index (χ1n) is 9.03. The third kappa shape index (κ3) is 3.62. The zero-order valence-corrected chi connectivity index (χ0v) is 15.0. The van der Waals surface area contributed by atoms with Crippen molar-refractivity contribution in [3.8, 4) is 0 Å². The van der Waals surface area contributed by atoms with Gasteiger partial charge in [0.15, 0.2) is 0 Å². The van der Waals surface area contributed by atoms with Gasteiger partial charge in [0.05, 0.1) is 0 Å². The highest BCUT2D eigenvalue weighted by Crippen LogP contribution is 2.21. The molecule has 0 radical (unpaired) electrons. The Morgan fingerprint density at radius 2 is 1.92 bits per heavy atom. The Morgan fingerprint density at radius 3 is 2.77 bits per heavy atom. The summed E-state index contributed by atoms with van der Waals surface area (Å²) in [5.74, 6) is 0.967. The number of nitrogens with zero attached hydrogens (tertiary/aromatic N) is 5. The quantitative estimate of drug-likeness (QED) is 0.719. The van der Waals surface area contributed by atoms with E-state index in [-0.39, 0.29) is 5.91 Å². The highest BCUT2D eigenvalue weighted by molar-refractivity contribution is 5.97. The van der Waals surface area contributed by atoms with Crippen molar-refractivity contribution in [2.75, 3.05) is 32.7 Å². The van der Waals surface area contributed by atoms with E-state index in [1.54, 1.807) is 12.7 Å². The van der Waals surface area contributed by atoms with Gasteiger partial charge in [0.2, 0.25) is 0 Å². The Bertz CT molecular complexity index is 887. The molecular weight excluding hydrogens is 330 g/mol. The SMILES string of the molecule is Cc1cc2cc(C(=O)N3CCCN(CCn4cnnc4)CC3)ccc2o1. The van der Waals surface area contributed by atoms with Crippen LogP contribution in [0.15, 0.2) is 41.3 Å². The summed E-state index contributed by atoms with van der Waals surface area (Å²) in [6, 6.07) is 7.66. The lowest BCUT2D eigenvalue weighted by Gasteiger charge is -2.22. The third-order valence-corrected chi connectivity index (χ3v) is 4.90. The molecular formula is C19H23N5O2. The molecule has 7 nitrogen and oxygen atoms in total. The highest BCUT2D eigenvalue weighted by atomic mass is 16.3. The molecule has 1 aromatic carbocycles. The van der Waals surface area contributed by atoms with Gasteiger partial charge in [-0.25, -0.2) is 0 Å². The van der Waals surface area contributed by atoms with Crippen molar-refractivity contribution in [2.45, 2.75) is 19.9 Å². The summed E-state index contributed by atoms with van der Waals surface area (Å²) in [5, 5.41) is 8.65. The van der Waals surface area contributed by atoms with Crippen LogP contribution < -0.4 is 0 Å². The number of aryl methyl sites for hydroxylation is 1. The number of aromatic nitrogens is 3. The molecule has 2 aromatic heterocycles. The summed E-state index contributed by atoms with van der Waals surface area (Å²) in [7, 11) is 0. The lowest BCUT2D eigenvalue weighted by Crippen LogP contribution is -2.36. The second-order valence-electron chi connectivity index (χ2n) is 6.80. The fourth-order valence-corrected chi connectivity index (χ4v) is 3.48. The van der Waals surface area contributed by atoms with Crippen LogP contribution in [0.5, 0.6) is 0 Å². The minimum atomic E-state index is 0.103. The summed E-state index contributed by atoms with van der Waals surface area (Å²) >= 11 is 0. The first kappa shape index (κ1) is 16.8. The Morgan fingerprint density at radius 1 is 1.08 bits per heavy atom. The number of furan rings is 1. The highest BCUT2D eigenvalue weighted by Gasteiger charge is 2.20. The van der Waals surface area contributed by atoms with Crippen molar-refractivity contribution < 1.29 is 9.21 Å². The second-order valence-corrected chi connectivity index (χ2v) is 6.80. The van der Waals surface area contributed by atoms with Crippen LogP contribution in [0.25, 0.3) is 11.0 Å². The van der Waals surface area contributed by atoms with Gasteiger partial charge in [-0.1, -0.05) is 0 Å². The summed E-state index contributed by atoms with van der Waals surface area (Å²) in [4.78, 5) is 17.3. The first-order chi connectivity index (χ1) is 12.7. The summed E-state index contributed by atoms with van der Waals surface area (Å²) in [6.07, 6.45) is 4.46.